The maximum atomic E-state index is 8.98. The molecule has 86 valence electrons. The Labute approximate surface area is 104 Å². The molecule has 1 rings (SSSR count). The molecule has 0 spiro atoms. The minimum absolute atomic E-state index is 0.00745. The maximum Gasteiger partial charge on any atom is 0.128 e. The standard InChI is InChI=1S/C11H13ClN2OS/c1-3-10(12)13-6-4-5-11-14-9(7-15)8(2)16-11/h3-4,6,15H,1,5,7H2,2H3/b6-4-,13-10+. The third kappa shape index (κ3) is 3.89. The van der Waals surface area contributed by atoms with E-state index in [0.29, 0.717) is 11.6 Å². The minimum Gasteiger partial charge on any atom is -0.390 e. The Kier molecular flexibility index (Phi) is 5.38. The van der Waals surface area contributed by atoms with Gasteiger partial charge in [-0.2, -0.15) is 0 Å². The van der Waals surface area contributed by atoms with Crippen LogP contribution in [0.2, 0.25) is 0 Å². The lowest BCUT2D eigenvalue weighted by Crippen LogP contribution is -1.86. The van der Waals surface area contributed by atoms with Gasteiger partial charge in [-0.05, 0) is 13.0 Å². The van der Waals surface area contributed by atoms with Crippen molar-refractivity contribution in [2.75, 3.05) is 0 Å². The van der Waals surface area contributed by atoms with Crippen molar-refractivity contribution in [2.24, 2.45) is 4.99 Å². The van der Waals surface area contributed by atoms with Gasteiger partial charge in [0.25, 0.3) is 0 Å². The van der Waals surface area contributed by atoms with E-state index in [-0.39, 0.29) is 6.61 Å². The van der Waals surface area contributed by atoms with E-state index in [1.54, 1.807) is 17.5 Å². The molecule has 0 bridgehead atoms. The highest BCUT2D eigenvalue weighted by Gasteiger charge is 2.04. The number of hydrogen-bond acceptors (Lipinski definition) is 4. The number of aliphatic hydroxyl groups is 1. The van der Waals surface area contributed by atoms with Gasteiger partial charge < -0.3 is 5.11 Å². The van der Waals surface area contributed by atoms with Crippen molar-refractivity contribution in [2.45, 2.75) is 20.0 Å². The molecule has 0 aliphatic rings. The molecule has 1 aromatic rings. The van der Waals surface area contributed by atoms with E-state index < -0.39 is 0 Å². The third-order valence-corrected chi connectivity index (χ3v) is 3.14. The normalized spacial score (nSPS) is 12.3. The van der Waals surface area contributed by atoms with Crippen LogP contribution < -0.4 is 0 Å². The Hall–Kier alpha value is -0.970. The zero-order valence-electron chi connectivity index (χ0n) is 8.98. The van der Waals surface area contributed by atoms with Crippen LogP contribution in [0, 0.1) is 6.92 Å². The Morgan fingerprint density at radius 1 is 1.69 bits per heavy atom. The van der Waals surface area contributed by atoms with Crippen molar-refractivity contribution in [1.82, 2.24) is 4.98 Å². The van der Waals surface area contributed by atoms with E-state index in [0.717, 1.165) is 15.6 Å². The number of allylic oxidation sites excluding steroid dienone is 2. The number of aryl methyl sites for hydroxylation is 1. The quantitative estimate of drug-likeness (QED) is 0.824. The summed E-state index contributed by atoms with van der Waals surface area (Å²) in [5, 5.41) is 10.3. The van der Waals surface area contributed by atoms with Crippen LogP contribution in [0.1, 0.15) is 15.6 Å². The van der Waals surface area contributed by atoms with Crippen LogP contribution in [0.25, 0.3) is 0 Å². The number of rotatable bonds is 5. The summed E-state index contributed by atoms with van der Waals surface area (Å²) in [6.07, 6.45) is 5.66. The Morgan fingerprint density at radius 3 is 3.00 bits per heavy atom. The molecule has 16 heavy (non-hydrogen) atoms. The van der Waals surface area contributed by atoms with Crippen molar-refractivity contribution in [3.05, 3.63) is 40.5 Å². The fourth-order valence-electron chi connectivity index (χ4n) is 1.05. The highest BCUT2D eigenvalue weighted by molar-refractivity contribution is 7.11. The number of thiazole rings is 1. The third-order valence-electron chi connectivity index (χ3n) is 1.85. The smallest absolute Gasteiger partial charge is 0.128 e. The largest absolute Gasteiger partial charge is 0.390 e. The predicted molar refractivity (Wildman–Crippen MR) is 69.1 cm³/mol. The molecule has 0 radical (unpaired) electrons. The molecule has 0 fully saturated rings. The molecule has 0 aromatic carbocycles. The highest BCUT2D eigenvalue weighted by atomic mass is 35.5. The van der Waals surface area contributed by atoms with Gasteiger partial charge in [0, 0.05) is 17.5 Å². The fraction of sp³-hybridized carbons (Fsp3) is 0.273. The summed E-state index contributed by atoms with van der Waals surface area (Å²) in [6.45, 7) is 5.43. The number of halogens is 1. The second-order valence-electron chi connectivity index (χ2n) is 3.01. The number of aromatic nitrogens is 1. The summed E-state index contributed by atoms with van der Waals surface area (Å²) < 4.78 is 0. The lowest BCUT2D eigenvalue weighted by atomic mass is 10.4. The monoisotopic (exact) mass is 256 g/mol. The lowest BCUT2D eigenvalue weighted by molar-refractivity contribution is 0.276. The highest BCUT2D eigenvalue weighted by Crippen LogP contribution is 2.17. The molecule has 0 saturated carbocycles. The Balaban J connectivity index is 2.57. The summed E-state index contributed by atoms with van der Waals surface area (Å²) in [6, 6.07) is 0. The first-order chi connectivity index (χ1) is 7.67. The van der Waals surface area contributed by atoms with Crippen molar-refractivity contribution >= 4 is 28.1 Å². The number of aliphatic imine (C=N–C) groups is 1. The van der Waals surface area contributed by atoms with Gasteiger partial charge in [-0.25, -0.2) is 9.98 Å². The van der Waals surface area contributed by atoms with E-state index >= 15 is 0 Å². The molecule has 5 heteroatoms. The Morgan fingerprint density at radius 2 is 2.44 bits per heavy atom. The first-order valence-electron chi connectivity index (χ1n) is 4.74. The first-order valence-corrected chi connectivity index (χ1v) is 5.93. The summed E-state index contributed by atoms with van der Waals surface area (Å²) in [5.41, 5.74) is 0.751. The van der Waals surface area contributed by atoms with Gasteiger partial charge in [-0.15, -0.1) is 11.3 Å². The second kappa shape index (κ2) is 6.58. The van der Waals surface area contributed by atoms with E-state index in [9.17, 15) is 0 Å². The summed E-state index contributed by atoms with van der Waals surface area (Å²) in [4.78, 5) is 9.25. The van der Waals surface area contributed by atoms with E-state index in [2.05, 4.69) is 16.6 Å². The molecule has 1 N–H and O–H groups in total. The Bertz CT molecular complexity index is 424. The maximum absolute atomic E-state index is 8.98. The average Bonchev–Trinajstić information content (AvgIpc) is 2.64. The van der Waals surface area contributed by atoms with Crippen LogP contribution in [-0.4, -0.2) is 15.3 Å². The molecule has 0 saturated heterocycles. The predicted octanol–water partition coefficient (Wildman–Crippen LogP) is 2.82. The molecule has 0 atom stereocenters. The van der Waals surface area contributed by atoms with Crippen molar-refractivity contribution in [3.63, 3.8) is 0 Å². The van der Waals surface area contributed by atoms with E-state index in [1.807, 2.05) is 13.0 Å². The summed E-state index contributed by atoms with van der Waals surface area (Å²) >= 11 is 7.21. The van der Waals surface area contributed by atoms with Crippen molar-refractivity contribution in [3.8, 4) is 0 Å². The van der Waals surface area contributed by atoms with Gasteiger partial charge in [-0.1, -0.05) is 24.3 Å². The molecule has 0 amide bonds. The zero-order valence-corrected chi connectivity index (χ0v) is 10.6. The number of hydrogen-bond donors (Lipinski definition) is 1. The summed E-state index contributed by atoms with van der Waals surface area (Å²) in [7, 11) is 0. The number of aliphatic hydroxyl groups excluding tert-OH is 1. The van der Waals surface area contributed by atoms with Crippen LogP contribution in [0.15, 0.2) is 29.9 Å². The van der Waals surface area contributed by atoms with Crippen molar-refractivity contribution in [1.29, 1.82) is 0 Å². The van der Waals surface area contributed by atoms with Gasteiger partial charge in [0.2, 0.25) is 0 Å². The topological polar surface area (TPSA) is 45.5 Å². The fourth-order valence-corrected chi connectivity index (χ4v) is 2.03. The van der Waals surface area contributed by atoms with Crippen LogP contribution in [0.4, 0.5) is 0 Å². The van der Waals surface area contributed by atoms with Crippen LogP contribution in [0.5, 0.6) is 0 Å². The van der Waals surface area contributed by atoms with Gasteiger partial charge in [0.1, 0.15) is 5.17 Å². The zero-order chi connectivity index (χ0) is 12.0. The summed E-state index contributed by atoms with van der Waals surface area (Å²) in [5.74, 6) is 0. The molecule has 0 aliphatic heterocycles. The minimum atomic E-state index is -0.00745. The van der Waals surface area contributed by atoms with Gasteiger partial charge in [0.05, 0.1) is 17.3 Å². The lowest BCUT2D eigenvalue weighted by Gasteiger charge is -1.87. The van der Waals surface area contributed by atoms with E-state index in [4.69, 9.17) is 16.7 Å². The molecule has 1 heterocycles. The van der Waals surface area contributed by atoms with Gasteiger partial charge in [0.15, 0.2) is 0 Å². The SMILES string of the molecule is C=C/C(Cl)=N\C=C/Cc1nc(CO)c(C)s1. The molecule has 0 unspecified atom stereocenters. The molecule has 3 nitrogen and oxygen atoms in total. The second-order valence-corrected chi connectivity index (χ2v) is 4.69. The first kappa shape index (κ1) is 13.1. The van der Waals surface area contributed by atoms with Crippen LogP contribution in [-0.2, 0) is 13.0 Å². The van der Waals surface area contributed by atoms with E-state index in [1.165, 1.54) is 6.08 Å². The molecule has 1 aromatic heterocycles. The average molecular weight is 257 g/mol. The van der Waals surface area contributed by atoms with Crippen molar-refractivity contribution < 1.29 is 5.11 Å². The molecular formula is C11H13ClN2OS. The van der Waals surface area contributed by atoms with Gasteiger partial charge >= 0.3 is 0 Å². The molecule has 0 aliphatic carbocycles. The van der Waals surface area contributed by atoms with Crippen LogP contribution >= 0.6 is 22.9 Å². The van der Waals surface area contributed by atoms with Gasteiger partial charge in [-0.3, -0.25) is 0 Å². The van der Waals surface area contributed by atoms with Crippen LogP contribution in [0.3, 0.4) is 0 Å². The molecular weight excluding hydrogens is 244 g/mol. The number of nitrogens with zero attached hydrogens (tertiary/aromatic N) is 2.